The first-order valence-corrected chi connectivity index (χ1v) is 8.68. The number of para-hydroxylation sites is 1. The highest BCUT2D eigenvalue weighted by Gasteiger charge is 2.17. The molecule has 0 radical (unpaired) electrons. The summed E-state index contributed by atoms with van der Waals surface area (Å²) in [5.74, 6) is -1.78. The number of carbonyl (C=O) groups is 2. The maximum atomic E-state index is 11.9. The topological polar surface area (TPSA) is 102 Å². The van der Waals surface area contributed by atoms with Crippen LogP contribution < -0.4 is 10.6 Å². The Bertz CT molecular complexity index is 800. The van der Waals surface area contributed by atoms with E-state index < -0.39 is 17.9 Å². The summed E-state index contributed by atoms with van der Waals surface area (Å²) in [4.78, 5) is 24.8. The quantitative estimate of drug-likeness (QED) is 0.563. The molecule has 0 aliphatic rings. The SMILES string of the molecule is CSc1ccc(C(O)CNC(=O)C(=O)Nc2ccccc2C#N)cc1. The Morgan fingerprint density at radius 3 is 2.48 bits per heavy atom. The summed E-state index contributed by atoms with van der Waals surface area (Å²) in [5, 5.41) is 23.8. The molecule has 1 atom stereocenters. The van der Waals surface area contributed by atoms with Crippen molar-refractivity contribution >= 4 is 29.3 Å². The van der Waals surface area contributed by atoms with Crippen LogP contribution in [-0.4, -0.2) is 29.7 Å². The number of hydrogen-bond donors (Lipinski definition) is 3. The van der Waals surface area contributed by atoms with Gasteiger partial charge in [-0.25, -0.2) is 0 Å². The van der Waals surface area contributed by atoms with Crippen molar-refractivity contribution in [2.24, 2.45) is 0 Å². The van der Waals surface area contributed by atoms with E-state index in [1.165, 1.54) is 12.1 Å². The monoisotopic (exact) mass is 355 g/mol. The number of thioether (sulfide) groups is 1. The number of benzene rings is 2. The highest BCUT2D eigenvalue weighted by molar-refractivity contribution is 7.98. The average Bonchev–Trinajstić information content (AvgIpc) is 2.66. The second kappa shape index (κ2) is 8.87. The van der Waals surface area contributed by atoms with Crippen molar-refractivity contribution in [2.45, 2.75) is 11.0 Å². The summed E-state index contributed by atoms with van der Waals surface area (Å²) in [7, 11) is 0. The Hall–Kier alpha value is -2.82. The summed E-state index contributed by atoms with van der Waals surface area (Å²) in [5.41, 5.74) is 1.17. The number of nitrogens with zero attached hydrogens (tertiary/aromatic N) is 1. The van der Waals surface area contributed by atoms with Gasteiger partial charge < -0.3 is 15.7 Å². The predicted octanol–water partition coefficient (Wildman–Crippen LogP) is 2.07. The van der Waals surface area contributed by atoms with E-state index in [0.29, 0.717) is 5.56 Å². The maximum absolute atomic E-state index is 11.9. The van der Waals surface area contributed by atoms with Gasteiger partial charge in [0.1, 0.15) is 6.07 Å². The fourth-order valence-corrected chi connectivity index (χ4v) is 2.49. The number of carbonyl (C=O) groups excluding carboxylic acids is 2. The molecule has 0 spiro atoms. The Kier molecular flexibility index (Phi) is 6.57. The standard InChI is InChI=1S/C18H17N3O3S/c1-25-14-8-6-12(7-9-14)16(22)11-20-17(23)18(24)21-15-5-3-2-4-13(15)10-19/h2-9,16,22H,11H2,1H3,(H,20,23)(H,21,24). The van der Waals surface area contributed by atoms with Crippen molar-refractivity contribution in [3.05, 3.63) is 59.7 Å². The molecule has 0 aliphatic carbocycles. The maximum Gasteiger partial charge on any atom is 0.313 e. The lowest BCUT2D eigenvalue weighted by Crippen LogP contribution is -2.37. The number of anilines is 1. The molecule has 1 unspecified atom stereocenters. The third-order valence-electron chi connectivity index (χ3n) is 3.46. The summed E-state index contributed by atoms with van der Waals surface area (Å²) in [6.45, 7) is -0.0925. The molecular weight excluding hydrogens is 338 g/mol. The molecule has 0 saturated heterocycles. The molecule has 2 amide bonds. The van der Waals surface area contributed by atoms with Gasteiger partial charge in [-0.05, 0) is 36.1 Å². The predicted molar refractivity (Wildman–Crippen MR) is 96.0 cm³/mol. The van der Waals surface area contributed by atoms with Crippen molar-refractivity contribution in [3.63, 3.8) is 0 Å². The minimum atomic E-state index is -0.918. The zero-order valence-corrected chi connectivity index (χ0v) is 14.3. The van der Waals surface area contributed by atoms with Gasteiger partial charge in [-0.3, -0.25) is 9.59 Å². The lowest BCUT2D eigenvalue weighted by atomic mass is 10.1. The second-order valence-electron chi connectivity index (χ2n) is 5.11. The minimum absolute atomic E-state index is 0.0925. The molecule has 0 bridgehead atoms. The first kappa shape index (κ1) is 18.5. The molecule has 2 rings (SSSR count). The van der Waals surface area contributed by atoms with E-state index in [2.05, 4.69) is 10.6 Å². The van der Waals surface area contributed by atoms with Crippen molar-refractivity contribution in [2.75, 3.05) is 18.1 Å². The van der Waals surface area contributed by atoms with E-state index in [1.807, 2.05) is 24.5 Å². The molecule has 0 aromatic heterocycles. The van der Waals surface area contributed by atoms with Crippen LogP contribution in [0.4, 0.5) is 5.69 Å². The minimum Gasteiger partial charge on any atom is -0.387 e. The molecule has 25 heavy (non-hydrogen) atoms. The van der Waals surface area contributed by atoms with Crippen LogP contribution in [0.1, 0.15) is 17.2 Å². The third-order valence-corrected chi connectivity index (χ3v) is 4.20. The summed E-state index contributed by atoms with van der Waals surface area (Å²) in [6.07, 6.45) is 1.04. The number of nitrogens with one attached hydrogen (secondary N) is 2. The molecular formula is C18H17N3O3S. The average molecular weight is 355 g/mol. The molecule has 7 heteroatoms. The Labute approximate surface area is 149 Å². The molecule has 3 N–H and O–H groups in total. The van der Waals surface area contributed by atoms with Gasteiger partial charge in [0.25, 0.3) is 0 Å². The van der Waals surface area contributed by atoms with Crippen LogP contribution in [0.25, 0.3) is 0 Å². The van der Waals surface area contributed by atoms with E-state index in [1.54, 1.807) is 36.0 Å². The molecule has 0 saturated carbocycles. The second-order valence-corrected chi connectivity index (χ2v) is 5.99. The molecule has 128 valence electrons. The number of aliphatic hydroxyl groups is 1. The Morgan fingerprint density at radius 1 is 1.16 bits per heavy atom. The van der Waals surface area contributed by atoms with E-state index in [9.17, 15) is 14.7 Å². The summed E-state index contributed by atoms with van der Waals surface area (Å²) < 4.78 is 0. The number of hydrogen-bond acceptors (Lipinski definition) is 5. The molecule has 2 aromatic carbocycles. The third kappa shape index (κ3) is 5.08. The summed E-state index contributed by atoms with van der Waals surface area (Å²) in [6, 6.07) is 15.6. The highest BCUT2D eigenvalue weighted by atomic mass is 32.2. The number of amides is 2. The van der Waals surface area contributed by atoms with Crippen LogP contribution in [-0.2, 0) is 9.59 Å². The number of aliphatic hydroxyl groups excluding tert-OH is 1. The summed E-state index contributed by atoms with van der Waals surface area (Å²) >= 11 is 1.59. The van der Waals surface area contributed by atoms with Crippen molar-refractivity contribution in [3.8, 4) is 6.07 Å². The zero-order chi connectivity index (χ0) is 18.2. The van der Waals surface area contributed by atoms with Gasteiger partial charge >= 0.3 is 11.8 Å². The van der Waals surface area contributed by atoms with E-state index in [-0.39, 0.29) is 17.8 Å². The molecule has 2 aromatic rings. The van der Waals surface area contributed by atoms with Gasteiger partial charge in [-0.15, -0.1) is 11.8 Å². The van der Waals surface area contributed by atoms with Crippen LogP contribution in [0.2, 0.25) is 0 Å². The fourth-order valence-electron chi connectivity index (χ4n) is 2.08. The largest absolute Gasteiger partial charge is 0.387 e. The smallest absolute Gasteiger partial charge is 0.313 e. The van der Waals surface area contributed by atoms with Crippen molar-refractivity contribution < 1.29 is 14.7 Å². The van der Waals surface area contributed by atoms with Crippen LogP contribution in [0.15, 0.2) is 53.4 Å². The first-order chi connectivity index (χ1) is 12.0. The molecule has 0 fully saturated rings. The van der Waals surface area contributed by atoms with Gasteiger partial charge in [0.15, 0.2) is 0 Å². The van der Waals surface area contributed by atoms with Crippen LogP contribution >= 0.6 is 11.8 Å². The van der Waals surface area contributed by atoms with Crippen LogP contribution in [0.5, 0.6) is 0 Å². The molecule has 0 heterocycles. The zero-order valence-electron chi connectivity index (χ0n) is 13.5. The lowest BCUT2D eigenvalue weighted by Gasteiger charge is -2.13. The van der Waals surface area contributed by atoms with E-state index >= 15 is 0 Å². The Balaban J connectivity index is 1.90. The van der Waals surface area contributed by atoms with Crippen molar-refractivity contribution in [1.29, 1.82) is 5.26 Å². The van der Waals surface area contributed by atoms with Crippen molar-refractivity contribution in [1.82, 2.24) is 5.32 Å². The lowest BCUT2D eigenvalue weighted by molar-refractivity contribution is -0.136. The Morgan fingerprint density at radius 2 is 1.84 bits per heavy atom. The first-order valence-electron chi connectivity index (χ1n) is 7.45. The molecule has 0 aliphatic heterocycles. The highest BCUT2D eigenvalue weighted by Crippen LogP contribution is 2.18. The van der Waals surface area contributed by atoms with Gasteiger partial charge in [-0.2, -0.15) is 5.26 Å². The van der Waals surface area contributed by atoms with Crippen LogP contribution in [0.3, 0.4) is 0 Å². The van der Waals surface area contributed by atoms with Gasteiger partial charge in [-0.1, -0.05) is 24.3 Å². The van der Waals surface area contributed by atoms with Gasteiger partial charge in [0, 0.05) is 11.4 Å². The fraction of sp³-hybridized carbons (Fsp3) is 0.167. The number of rotatable bonds is 5. The molecule has 6 nitrogen and oxygen atoms in total. The normalized spacial score (nSPS) is 11.2. The number of nitriles is 1. The van der Waals surface area contributed by atoms with E-state index in [0.717, 1.165) is 4.90 Å². The van der Waals surface area contributed by atoms with Gasteiger partial charge in [0.05, 0.1) is 17.4 Å². The van der Waals surface area contributed by atoms with Gasteiger partial charge in [0.2, 0.25) is 0 Å². The van der Waals surface area contributed by atoms with E-state index in [4.69, 9.17) is 5.26 Å². The van der Waals surface area contributed by atoms with Crippen LogP contribution in [0, 0.1) is 11.3 Å².